The Morgan fingerprint density at radius 1 is 1.00 bits per heavy atom. The standard InChI is InChI=1S/C20H24N2O5S/c1-13-7-9-17(10-15(13)3)22(28(5,25)26)12-19(23)21-18-11-16(20(24)27-4)8-6-14(18)2/h6-11H,12H2,1-5H3,(H,21,23). The largest absolute Gasteiger partial charge is 0.465 e. The van der Waals surface area contributed by atoms with E-state index in [-0.39, 0.29) is 12.1 Å². The minimum Gasteiger partial charge on any atom is -0.465 e. The van der Waals surface area contributed by atoms with Gasteiger partial charge in [-0.1, -0.05) is 12.1 Å². The molecular formula is C20H24N2O5S. The highest BCUT2D eigenvalue weighted by molar-refractivity contribution is 7.92. The number of carbonyl (C=O) groups is 2. The van der Waals surface area contributed by atoms with Crippen molar-refractivity contribution in [3.05, 3.63) is 58.7 Å². The molecule has 1 amide bonds. The minimum atomic E-state index is -3.67. The molecular weight excluding hydrogens is 380 g/mol. The van der Waals surface area contributed by atoms with Crippen molar-refractivity contribution in [2.45, 2.75) is 20.8 Å². The number of ether oxygens (including phenoxy) is 1. The maximum Gasteiger partial charge on any atom is 0.337 e. The molecule has 7 nitrogen and oxygen atoms in total. The molecule has 2 aromatic carbocycles. The van der Waals surface area contributed by atoms with Crippen LogP contribution < -0.4 is 9.62 Å². The van der Waals surface area contributed by atoms with Crippen molar-refractivity contribution < 1.29 is 22.7 Å². The van der Waals surface area contributed by atoms with Gasteiger partial charge in [-0.15, -0.1) is 0 Å². The van der Waals surface area contributed by atoms with Crippen molar-refractivity contribution >= 4 is 33.3 Å². The molecule has 8 heteroatoms. The van der Waals surface area contributed by atoms with E-state index < -0.39 is 21.9 Å². The number of hydrogen-bond acceptors (Lipinski definition) is 5. The smallest absolute Gasteiger partial charge is 0.337 e. The first-order valence-corrected chi connectivity index (χ1v) is 10.4. The molecule has 0 heterocycles. The van der Waals surface area contributed by atoms with Crippen molar-refractivity contribution in [2.24, 2.45) is 0 Å². The average molecular weight is 404 g/mol. The fourth-order valence-electron chi connectivity index (χ4n) is 2.60. The molecule has 0 bridgehead atoms. The molecule has 0 spiro atoms. The Morgan fingerprint density at radius 3 is 2.21 bits per heavy atom. The molecule has 0 aromatic heterocycles. The third kappa shape index (κ3) is 5.10. The number of nitrogens with one attached hydrogen (secondary N) is 1. The summed E-state index contributed by atoms with van der Waals surface area (Å²) in [5.41, 5.74) is 3.81. The summed E-state index contributed by atoms with van der Waals surface area (Å²) in [7, 11) is -2.40. The maximum atomic E-state index is 12.6. The molecule has 0 saturated heterocycles. The quantitative estimate of drug-likeness (QED) is 0.748. The summed E-state index contributed by atoms with van der Waals surface area (Å²) in [6, 6.07) is 9.98. The second kappa shape index (κ2) is 8.43. The van der Waals surface area contributed by atoms with Gasteiger partial charge in [-0.25, -0.2) is 13.2 Å². The Kier molecular flexibility index (Phi) is 6.45. The number of sulfonamides is 1. The van der Waals surface area contributed by atoms with Crippen LogP contribution in [0.1, 0.15) is 27.0 Å². The summed E-state index contributed by atoms with van der Waals surface area (Å²) in [5, 5.41) is 2.68. The number of anilines is 2. The summed E-state index contributed by atoms with van der Waals surface area (Å²) in [4.78, 5) is 24.3. The average Bonchev–Trinajstić information content (AvgIpc) is 2.62. The van der Waals surface area contributed by atoms with Crippen molar-refractivity contribution in [1.82, 2.24) is 0 Å². The van der Waals surface area contributed by atoms with Crippen molar-refractivity contribution in [3.8, 4) is 0 Å². The number of esters is 1. The molecule has 0 aliphatic heterocycles. The first-order valence-electron chi connectivity index (χ1n) is 8.56. The van der Waals surface area contributed by atoms with Crippen molar-refractivity contribution in [3.63, 3.8) is 0 Å². The number of carbonyl (C=O) groups excluding carboxylic acids is 2. The van der Waals surface area contributed by atoms with Gasteiger partial charge in [0.2, 0.25) is 15.9 Å². The van der Waals surface area contributed by atoms with Crippen molar-refractivity contribution in [2.75, 3.05) is 29.5 Å². The van der Waals surface area contributed by atoms with E-state index in [0.717, 1.165) is 27.3 Å². The second-order valence-electron chi connectivity index (χ2n) is 6.61. The monoisotopic (exact) mass is 404 g/mol. The van der Waals surface area contributed by atoms with E-state index in [1.165, 1.54) is 13.2 Å². The van der Waals surface area contributed by atoms with Crippen LogP contribution in [0.15, 0.2) is 36.4 Å². The molecule has 0 unspecified atom stereocenters. The molecule has 1 N–H and O–H groups in total. The molecule has 0 radical (unpaired) electrons. The molecule has 0 atom stereocenters. The topological polar surface area (TPSA) is 92.8 Å². The van der Waals surface area contributed by atoms with Gasteiger partial charge in [0.1, 0.15) is 6.54 Å². The first-order chi connectivity index (χ1) is 13.0. The van der Waals surface area contributed by atoms with Crippen LogP contribution in [-0.4, -0.2) is 40.2 Å². The van der Waals surface area contributed by atoms with Gasteiger partial charge in [0, 0.05) is 5.69 Å². The third-order valence-corrected chi connectivity index (χ3v) is 5.54. The summed E-state index contributed by atoms with van der Waals surface area (Å²) in [6.45, 7) is 5.19. The van der Waals surface area contributed by atoms with Crippen LogP contribution in [0.3, 0.4) is 0 Å². The summed E-state index contributed by atoms with van der Waals surface area (Å²) in [5.74, 6) is -1.04. The van der Waals surface area contributed by atoms with Gasteiger partial charge in [0.15, 0.2) is 0 Å². The predicted molar refractivity (Wildman–Crippen MR) is 109 cm³/mol. The summed E-state index contributed by atoms with van der Waals surface area (Å²) in [6.07, 6.45) is 1.05. The lowest BCUT2D eigenvalue weighted by atomic mass is 10.1. The minimum absolute atomic E-state index is 0.289. The normalized spacial score (nSPS) is 11.0. The molecule has 0 aliphatic carbocycles. The molecule has 0 saturated carbocycles. The Morgan fingerprint density at radius 2 is 1.64 bits per heavy atom. The predicted octanol–water partition coefficient (Wildman–Crippen LogP) is 2.80. The molecule has 2 aromatic rings. The highest BCUT2D eigenvalue weighted by Gasteiger charge is 2.22. The van der Waals surface area contributed by atoms with E-state index in [0.29, 0.717) is 11.4 Å². The SMILES string of the molecule is COC(=O)c1ccc(C)c(NC(=O)CN(c2ccc(C)c(C)c2)S(C)(=O)=O)c1. The lowest BCUT2D eigenvalue weighted by Gasteiger charge is -2.23. The van der Waals surface area contributed by atoms with E-state index in [9.17, 15) is 18.0 Å². The van der Waals surface area contributed by atoms with Crippen LogP contribution in [0.25, 0.3) is 0 Å². The number of hydrogen-bond donors (Lipinski definition) is 1. The van der Waals surface area contributed by atoms with Crippen LogP contribution >= 0.6 is 0 Å². The third-order valence-electron chi connectivity index (χ3n) is 4.40. The van der Waals surface area contributed by atoms with E-state index in [2.05, 4.69) is 10.1 Å². The lowest BCUT2D eigenvalue weighted by molar-refractivity contribution is -0.114. The van der Waals surface area contributed by atoms with Crippen LogP contribution in [0.2, 0.25) is 0 Å². The van der Waals surface area contributed by atoms with Crippen LogP contribution in [-0.2, 0) is 19.6 Å². The zero-order valence-corrected chi connectivity index (χ0v) is 17.4. The molecule has 28 heavy (non-hydrogen) atoms. The van der Waals surface area contributed by atoms with Gasteiger partial charge in [-0.05, 0) is 61.7 Å². The van der Waals surface area contributed by atoms with Crippen LogP contribution in [0.4, 0.5) is 11.4 Å². The van der Waals surface area contributed by atoms with Gasteiger partial charge < -0.3 is 10.1 Å². The van der Waals surface area contributed by atoms with Gasteiger partial charge in [-0.3, -0.25) is 9.10 Å². The molecule has 2 rings (SSSR count). The maximum absolute atomic E-state index is 12.6. The number of benzene rings is 2. The Bertz CT molecular complexity index is 1020. The summed E-state index contributed by atoms with van der Waals surface area (Å²) < 4.78 is 30.2. The van der Waals surface area contributed by atoms with Gasteiger partial charge in [0.25, 0.3) is 0 Å². The fraction of sp³-hybridized carbons (Fsp3) is 0.300. The zero-order valence-electron chi connectivity index (χ0n) is 16.6. The second-order valence-corrected chi connectivity index (χ2v) is 8.51. The van der Waals surface area contributed by atoms with Crippen molar-refractivity contribution in [1.29, 1.82) is 0 Å². The Balaban J connectivity index is 2.28. The van der Waals surface area contributed by atoms with Crippen LogP contribution in [0.5, 0.6) is 0 Å². The zero-order chi connectivity index (χ0) is 21.1. The van der Waals surface area contributed by atoms with E-state index >= 15 is 0 Å². The van der Waals surface area contributed by atoms with E-state index in [4.69, 9.17) is 0 Å². The number of methoxy groups -OCH3 is 1. The highest BCUT2D eigenvalue weighted by Crippen LogP contribution is 2.22. The number of aryl methyl sites for hydroxylation is 3. The number of nitrogens with zero attached hydrogens (tertiary/aromatic N) is 1. The van der Waals surface area contributed by atoms with Gasteiger partial charge >= 0.3 is 5.97 Å². The van der Waals surface area contributed by atoms with E-state index in [1.54, 1.807) is 31.2 Å². The number of amides is 1. The van der Waals surface area contributed by atoms with Crippen LogP contribution in [0, 0.1) is 20.8 Å². The van der Waals surface area contributed by atoms with Gasteiger partial charge in [-0.2, -0.15) is 0 Å². The lowest BCUT2D eigenvalue weighted by Crippen LogP contribution is -2.37. The molecule has 150 valence electrons. The number of rotatable bonds is 6. The fourth-order valence-corrected chi connectivity index (χ4v) is 3.45. The Hall–Kier alpha value is -2.87. The van der Waals surface area contributed by atoms with Gasteiger partial charge in [0.05, 0.1) is 24.6 Å². The summed E-state index contributed by atoms with van der Waals surface area (Å²) >= 11 is 0. The highest BCUT2D eigenvalue weighted by atomic mass is 32.2. The van der Waals surface area contributed by atoms with E-state index in [1.807, 2.05) is 19.9 Å². The molecule has 0 fully saturated rings. The first kappa shape index (κ1) is 21.4. The molecule has 0 aliphatic rings. The Labute approximate surface area is 165 Å².